The highest BCUT2D eigenvalue weighted by Gasteiger charge is 2.24. The average molecular weight is 327 g/mol. The Morgan fingerprint density at radius 3 is 2.62 bits per heavy atom. The Morgan fingerprint density at radius 2 is 1.92 bits per heavy atom. The molecule has 0 fully saturated rings. The number of phenolic OH excluding ortho intramolecular Hbond substituents is 1. The highest BCUT2D eigenvalue weighted by Crippen LogP contribution is 2.43. The summed E-state index contributed by atoms with van der Waals surface area (Å²) in [5.74, 6) is 1.78. The van der Waals surface area contributed by atoms with Crippen LogP contribution in [0.3, 0.4) is 0 Å². The molecule has 0 saturated carbocycles. The van der Waals surface area contributed by atoms with Crippen LogP contribution in [0, 0.1) is 0 Å². The van der Waals surface area contributed by atoms with Crippen LogP contribution in [0.1, 0.15) is 16.7 Å². The fourth-order valence-corrected chi connectivity index (χ4v) is 3.06. The van der Waals surface area contributed by atoms with Gasteiger partial charge in [0.15, 0.2) is 11.5 Å². The summed E-state index contributed by atoms with van der Waals surface area (Å²) in [5, 5.41) is 10.7. The predicted octanol–water partition coefficient (Wildman–Crippen LogP) is 3.01. The van der Waals surface area contributed by atoms with Gasteiger partial charge < -0.3 is 19.3 Å². The first-order chi connectivity index (χ1) is 11.7. The number of aliphatic imine (C=N–C) groups is 1. The van der Waals surface area contributed by atoms with Crippen molar-refractivity contribution in [1.82, 2.24) is 0 Å². The molecule has 0 saturated heterocycles. The van der Waals surface area contributed by atoms with Crippen LogP contribution in [0.15, 0.2) is 35.3 Å². The number of benzene rings is 2. The molecule has 2 aromatic carbocycles. The van der Waals surface area contributed by atoms with Crippen molar-refractivity contribution < 1.29 is 19.3 Å². The number of hydrogen-bond donors (Lipinski definition) is 1. The lowest BCUT2D eigenvalue weighted by atomic mass is 9.92. The molecule has 1 heterocycles. The van der Waals surface area contributed by atoms with Gasteiger partial charge in [0.25, 0.3) is 0 Å². The third-order valence-electron chi connectivity index (χ3n) is 4.20. The van der Waals surface area contributed by atoms with Crippen molar-refractivity contribution in [3.63, 3.8) is 0 Å². The topological polar surface area (TPSA) is 60.3 Å². The molecular weight excluding hydrogens is 306 g/mol. The van der Waals surface area contributed by atoms with Gasteiger partial charge in [-0.05, 0) is 35.7 Å². The van der Waals surface area contributed by atoms with Gasteiger partial charge >= 0.3 is 0 Å². The molecule has 0 spiro atoms. The molecule has 5 nitrogen and oxygen atoms in total. The quantitative estimate of drug-likeness (QED) is 0.917. The molecule has 1 aliphatic heterocycles. The van der Waals surface area contributed by atoms with Crippen molar-refractivity contribution in [2.45, 2.75) is 12.8 Å². The predicted molar refractivity (Wildman–Crippen MR) is 93.0 cm³/mol. The maximum atomic E-state index is 10.7. The molecule has 3 rings (SSSR count). The van der Waals surface area contributed by atoms with Crippen LogP contribution in [0.4, 0.5) is 0 Å². The normalized spacial score (nSPS) is 13.0. The fraction of sp³-hybridized carbons (Fsp3) is 0.316. The van der Waals surface area contributed by atoms with Crippen molar-refractivity contribution >= 4 is 5.71 Å². The van der Waals surface area contributed by atoms with Gasteiger partial charge in [0.2, 0.25) is 5.75 Å². The van der Waals surface area contributed by atoms with E-state index in [4.69, 9.17) is 14.2 Å². The molecule has 0 radical (unpaired) electrons. The SMILES string of the molecule is COc1cccc(CC2=NCCc3cc(OC)c(OC)c(O)c32)c1. The Labute approximate surface area is 141 Å². The molecule has 2 aromatic rings. The van der Waals surface area contributed by atoms with Crippen LogP contribution in [0.2, 0.25) is 0 Å². The molecule has 0 aromatic heterocycles. The first-order valence-corrected chi connectivity index (χ1v) is 7.81. The number of nitrogens with zero attached hydrogens (tertiary/aromatic N) is 1. The summed E-state index contributed by atoms with van der Waals surface area (Å²) >= 11 is 0. The minimum atomic E-state index is 0.0909. The molecule has 0 aliphatic carbocycles. The van der Waals surface area contributed by atoms with Gasteiger partial charge in [0.1, 0.15) is 5.75 Å². The summed E-state index contributed by atoms with van der Waals surface area (Å²) in [4.78, 5) is 4.63. The zero-order valence-corrected chi connectivity index (χ0v) is 14.1. The van der Waals surface area contributed by atoms with Crippen LogP contribution in [0.25, 0.3) is 0 Å². The van der Waals surface area contributed by atoms with Crippen molar-refractivity contribution in [3.8, 4) is 23.0 Å². The molecule has 24 heavy (non-hydrogen) atoms. The van der Waals surface area contributed by atoms with E-state index in [1.165, 1.54) is 7.11 Å². The zero-order chi connectivity index (χ0) is 17.1. The zero-order valence-electron chi connectivity index (χ0n) is 14.1. The van der Waals surface area contributed by atoms with Crippen molar-refractivity contribution in [2.24, 2.45) is 4.99 Å². The summed E-state index contributed by atoms with van der Waals surface area (Å²) in [5.41, 5.74) is 3.71. The molecule has 1 N–H and O–H groups in total. The molecule has 0 unspecified atom stereocenters. The molecule has 0 bridgehead atoms. The largest absolute Gasteiger partial charge is 0.504 e. The number of methoxy groups -OCH3 is 3. The summed E-state index contributed by atoms with van der Waals surface area (Å²) in [6.45, 7) is 0.696. The van der Waals surface area contributed by atoms with Crippen LogP contribution >= 0.6 is 0 Å². The van der Waals surface area contributed by atoms with Gasteiger partial charge in [0, 0.05) is 18.5 Å². The second kappa shape index (κ2) is 6.83. The first kappa shape index (κ1) is 16.2. The van der Waals surface area contributed by atoms with Gasteiger partial charge in [-0.1, -0.05) is 12.1 Å². The third-order valence-corrected chi connectivity index (χ3v) is 4.20. The Hall–Kier alpha value is -2.69. The van der Waals surface area contributed by atoms with Crippen LogP contribution in [0.5, 0.6) is 23.0 Å². The van der Waals surface area contributed by atoms with E-state index in [0.717, 1.165) is 34.6 Å². The van der Waals surface area contributed by atoms with Crippen LogP contribution in [-0.2, 0) is 12.8 Å². The standard InChI is InChI=1S/C19H21NO4/c1-22-14-6-4-5-12(9-14)10-15-17-13(7-8-20-15)11-16(23-2)19(24-3)18(17)21/h4-6,9,11,21H,7-8,10H2,1-3H3. The lowest BCUT2D eigenvalue weighted by Gasteiger charge is -2.21. The number of phenols is 1. The summed E-state index contributed by atoms with van der Waals surface area (Å²) in [7, 11) is 4.74. The van der Waals surface area contributed by atoms with Crippen molar-refractivity contribution in [3.05, 3.63) is 47.0 Å². The lowest BCUT2D eigenvalue weighted by Crippen LogP contribution is -2.16. The number of hydrogen-bond acceptors (Lipinski definition) is 5. The maximum Gasteiger partial charge on any atom is 0.203 e. The summed E-state index contributed by atoms with van der Waals surface area (Å²) < 4.78 is 15.9. The smallest absolute Gasteiger partial charge is 0.203 e. The van der Waals surface area contributed by atoms with Gasteiger partial charge in [-0.15, -0.1) is 0 Å². The molecule has 5 heteroatoms. The second-order valence-electron chi connectivity index (χ2n) is 5.60. The van der Waals surface area contributed by atoms with E-state index >= 15 is 0 Å². The van der Waals surface area contributed by atoms with E-state index in [1.807, 2.05) is 30.3 Å². The molecule has 0 atom stereocenters. The van der Waals surface area contributed by atoms with Crippen molar-refractivity contribution in [1.29, 1.82) is 0 Å². The monoisotopic (exact) mass is 327 g/mol. The molecule has 0 amide bonds. The molecule has 126 valence electrons. The Balaban J connectivity index is 2.02. The third kappa shape index (κ3) is 2.89. The summed E-state index contributed by atoms with van der Waals surface area (Å²) in [6, 6.07) is 9.79. The number of ether oxygens (including phenoxy) is 3. The van der Waals surface area contributed by atoms with E-state index in [9.17, 15) is 5.11 Å². The van der Waals surface area contributed by atoms with Crippen LogP contribution < -0.4 is 14.2 Å². The molecule has 1 aliphatic rings. The minimum absolute atomic E-state index is 0.0909. The van der Waals surface area contributed by atoms with Gasteiger partial charge in [0.05, 0.1) is 27.0 Å². The van der Waals surface area contributed by atoms with Crippen LogP contribution in [-0.4, -0.2) is 38.7 Å². The molecular formula is C19H21NO4. The van der Waals surface area contributed by atoms with E-state index < -0.39 is 0 Å². The Bertz CT molecular complexity index is 783. The summed E-state index contributed by atoms with van der Waals surface area (Å²) in [6.07, 6.45) is 1.39. The van der Waals surface area contributed by atoms with E-state index in [1.54, 1.807) is 14.2 Å². The van der Waals surface area contributed by atoms with Crippen molar-refractivity contribution in [2.75, 3.05) is 27.9 Å². The Kier molecular flexibility index (Phi) is 4.60. The Morgan fingerprint density at radius 1 is 1.08 bits per heavy atom. The van der Waals surface area contributed by atoms with E-state index in [-0.39, 0.29) is 5.75 Å². The first-order valence-electron chi connectivity index (χ1n) is 7.81. The highest BCUT2D eigenvalue weighted by atomic mass is 16.5. The highest BCUT2D eigenvalue weighted by molar-refractivity contribution is 6.07. The minimum Gasteiger partial charge on any atom is -0.504 e. The number of aromatic hydroxyl groups is 1. The maximum absolute atomic E-state index is 10.7. The number of fused-ring (bicyclic) bond motifs is 1. The second-order valence-corrected chi connectivity index (χ2v) is 5.60. The lowest BCUT2D eigenvalue weighted by molar-refractivity contribution is 0.332. The number of rotatable bonds is 5. The fourth-order valence-electron chi connectivity index (χ4n) is 3.06. The van der Waals surface area contributed by atoms with E-state index in [2.05, 4.69) is 4.99 Å². The van der Waals surface area contributed by atoms with Gasteiger partial charge in [-0.2, -0.15) is 0 Å². The van der Waals surface area contributed by atoms with Gasteiger partial charge in [-0.3, -0.25) is 4.99 Å². The van der Waals surface area contributed by atoms with E-state index in [0.29, 0.717) is 24.5 Å². The van der Waals surface area contributed by atoms with Gasteiger partial charge in [-0.25, -0.2) is 0 Å². The average Bonchev–Trinajstić information content (AvgIpc) is 2.61.